The van der Waals surface area contributed by atoms with Crippen LogP contribution in [0.4, 0.5) is 0 Å². The minimum atomic E-state index is -0.0177. The van der Waals surface area contributed by atoms with Crippen molar-refractivity contribution in [1.29, 1.82) is 0 Å². The van der Waals surface area contributed by atoms with Gasteiger partial charge in [0.25, 0.3) is 0 Å². The molecule has 0 unspecified atom stereocenters. The Kier molecular flexibility index (Phi) is 15.0. The topological polar surface area (TPSA) is 46.2 Å². The van der Waals surface area contributed by atoms with E-state index in [9.17, 15) is 0 Å². The zero-order valence-electron chi connectivity index (χ0n) is 13.6. The van der Waals surface area contributed by atoms with Gasteiger partial charge in [-0.05, 0) is 18.8 Å². The normalized spacial score (nSPS) is 11.7. The van der Waals surface area contributed by atoms with Crippen LogP contribution in [0.5, 0.6) is 0 Å². The molecule has 0 amide bonds. The molecule has 122 valence electrons. The second kappa shape index (κ2) is 15.2. The Morgan fingerprint density at radius 1 is 0.750 bits per heavy atom. The minimum absolute atomic E-state index is 0.0177. The molecule has 0 spiro atoms. The zero-order valence-corrected chi connectivity index (χ0v) is 13.6. The third-order valence-electron chi connectivity index (χ3n) is 2.75. The summed E-state index contributed by atoms with van der Waals surface area (Å²) < 4.78 is 26.7. The highest BCUT2D eigenvalue weighted by Crippen LogP contribution is 2.05. The van der Waals surface area contributed by atoms with Gasteiger partial charge in [0.15, 0.2) is 0 Å². The molecule has 0 aliphatic carbocycles. The van der Waals surface area contributed by atoms with E-state index in [0.717, 1.165) is 13.0 Å². The molecule has 5 nitrogen and oxygen atoms in total. The summed E-state index contributed by atoms with van der Waals surface area (Å²) in [5.41, 5.74) is 0. The van der Waals surface area contributed by atoms with E-state index in [1.807, 2.05) is 0 Å². The van der Waals surface area contributed by atoms with Crippen LogP contribution in [0.2, 0.25) is 0 Å². The lowest BCUT2D eigenvalue weighted by Crippen LogP contribution is -2.27. The van der Waals surface area contributed by atoms with E-state index in [-0.39, 0.29) is 6.10 Å². The van der Waals surface area contributed by atoms with E-state index in [0.29, 0.717) is 45.6 Å². The van der Waals surface area contributed by atoms with E-state index < -0.39 is 0 Å². The lowest BCUT2D eigenvalue weighted by Gasteiger charge is -2.18. The molecule has 0 saturated carbocycles. The molecule has 0 aromatic carbocycles. The van der Waals surface area contributed by atoms with Crippen molar-refractivity contribution in [3.8, 4) is 0 Å². The van der Waals surface area contributed by atoms with Crippen molar-refractivity contribution < 1.29 is 23.7 Å². The number of rotatable bonds is 15. The Morgan fingerprint density at radius 2 is 1.30 bits per heavy atom. The summed E-state index contributed by atoms with van der Waals surface area (Å²) in [6.07, 6.45) is 2.24. The van der Waals surface area contributed by atoms with E-state index >= 15 is 0 Å². The van der Waals surface area contributed by atoms with Crippen molar-refractivity contribution >= 4 is 0 Å². The molecule has 0 bridgehead atoms. The van der Waals surface area contributed by atoms with Gasteiger partial charge >= 0.3 is 0 Å². The molecular weight excluding hydrogens is 260 g/mol. The van der Waals surface area contributed by atoms with Crippen LogP contribution in [0.3, 0.4) is 0 Å². The average molecular weight is 292 g/mol. The Balaban J connectivity index is 3.73. The Hall–Kier alpha value is -0.200. The molecule has 0 fully saturated rings. The van der Waals surface area contributed by atoms with Gasteiger partial charge in [0.2, 0.25) is 0 Å². The first-order chi connectivity index (χ1) is 9.70. The first-order valence-corrected chi connectivity index (χ1v) is 7.45. The van der Waals surface area contributed by atoms with E-state index in [1.54, 1.807) is 14.2 Å². The summed E-state index contributed by atoms with van der Waals surface area (Å²) in [4.78, 5) is 0. The molecule has 0 radical (unpaired) electrons. The lowest BCUT2D eigenvalue weighted by molar-refractivity contribution is -0.0707. The molecule has 0 N–H and O–H groups in total. The number of methoxy groups -OCH3 is 2. The molecular formula is C15H32O5. The van der Waals surface area contributed by atoms with Crippen molar-refractivity contribution in [3.05, 3.63) is 0 Å². The van der Waals surface area contributed by atoms with Crippen LogP contribution in [0, 0.1) is 5.92 Å². The van der Waals surface area contributed by atoms with E-state index in [1.165, 1.54) is 6.42 Å². The predicted octanol–water partition coefficient (Wildman–Crippen LogP) is 2.13. The van der Waals surface area contributed by atoms with Crippen molar-refractivity contribution in [3.63, 3.8) is 0 Å². The predicted molar refractivity (Wildman–Crippen MR) is 79.2 cm³/mol. The molecule has 20 heavy (non-hydrogen) atoms. The molecule has 0 aliphatic rings. The van der Waals surface area contributed by atoms with Gasteiger partial charge in [0.05, 0.1) is 39.6 Å². The Labute approximate surface area is 123 Å². The summed E-state index contributed by atoms with van der Waals surface area (Å²) in [7, 11) is 3.33. The lowest BCUT2D eigenvalue weighted by atomic mass is 10.1. The fourth-order valence-corrected chi connectivity index (χ4v) is 1.60. The highest BCUT2D eigenvalue weighted by atomic mass is 16.6. The van der Waals surface area contributed by atoms with Gasteiger partial charge in [-0.3, -0.25) is 0 Å². The second-order valence-electron chi connectivity index (χ2n) is 5.16. The summed E-state index contributed by atoms with van der Waals surface area (Å²) in [6.45, 7) is 8.65. The largest absolute Gasteiger partial charge is 0.382 e. The minimum Gasteiger partial charge on any atom is -0.382 e. The fraction of sp³-hybridized carbons (Fsp3) is 1.00. The third-order valence-corrected chi connectivity index (χ3v) is 2.75. The summed E-state index contributed by atoms with van der Waals surface area (Å²) in [5.74, 6) is 0.716. The monoisotopic (exact) mass is 292 g/mol. The molecule has 0 aromatic rings. The summed E-state index contributed by atoms with van der Waals surface area (Å²) >= 11 is 0. The zero-order chi connectivity index (χ0) is 15.1. The molecule has 0 heterocycles. The maximum absolute atomic E-state index is 5.82. The standard InChI is InChI=1S/C15H32O5/c1-14(2)6-5-7-20-15(12-18-10-8-16-3)13-19-11-9-17-4/h14-15H,5-13H2,1-4H3. The van der Waals surface area contributed by atoms with Crippen molar-refractivity contribution in [2.75, 3.05) is 60.5 Å². The van der Waals surface area contributed by atoms with Crippen molar-refractivity contribution in [2.24, 2.45) is 5.92 Å². The average Bonchev–Trinajstić information content (AvgIpc) is 2.43. The van der Waals surface area contributed by atoms with Crippen molar-refractivity contribution in [2.45, 2.75) is 32.8 Å². The maximum atomic E-state index is 5.82. The number of hydrogen-bond acceptors (Lipinski definition) is 5. The molecule has 0 saturated heterocycles. The molecule has 0 aliphatic heterocycles. The first-order valence-electron chi connectivity index (χ1n) is 7.45. The van der Waals surface area contributed by atoms with Gasteiger partial charge in [-0.25, -0.2) is 0 Å². The van der Waals surface area contributed by atoms with Gasteiger partial charge in [-0.2, -0.15) is 0 Å². The van der Waals surface area contributed by atoms with Gasteiger partial charge < -0.3 is 23.7 Å². The van der Waals surface area contributed by atoms with Crippen LogP contribution < -0.4 is 0 Å². The second-order valence-corrected chi connectivity index (χ2v) is 5.16. The molecule has 0 atom stereocenters. The van der Waals surface area contributed by atoms with E-state index in [4.69, 9.17) is 23.7 Å². The van der Waals surface area contributed by atoms with E-state index in [2.05, 4.69) is 13.8 Å². The SMILES string of the molecule is COCCOCC(COCCOC)OCCCC(C)C. The van der Waals surface area contributed by atoms with Crippen molar-refractivity contribution in [1.82, 2.24) is 0 Å². The summed E-state index contributed by atoms with van der Waals surface area (Å²) in [6, 6.07) is 0. The highest BCUT2D eigenvalue weighted by molar-refractivity contribution is 4.56. The first kappa shape index (κ1) is 19.8. The number of ether oxygens (including phenoxy) is 5. The third kappa shape index (κ3) is 14.2. The van der Waals surface area contributed by atoms with Gasteiger partial charge in [0.1, 0.15) is 6.10 Å². The van der Waals surface area contributed by atoms with Crippen LogP contribution in [0.15, 0.2) is 0 Å². The smallest absolute Gasteiger partial charge is 0.104 e. The quantitative estimate of drug-likeness (QED) is 0.433. The van der Waals surface area contributed by atoms with Crippen LogP contribution >= 0.6 is 0 Å². The molecule has 0 rings (SSSR count). The Bertz CT molecular complexity index is 175. The Morgan fingerprint density at radius 3 is 1.75 bits per heavy atom. The maximum Gasteiger partial charge on any atom is 0.104 e. The van der Waals surface area contributed by atoms with Gasteiger partial charge in [-0.15, -0.1) is 0 Å². The molecule has 5 heteroatoms. The van der Waals surface area contributed by atoms with Crippen LogP contribution in [0.25, 0.3) is 0 Å². The van der Waals surface area contributed by atoms with Crippen LogP contribution in [-0.2, 0) is 23.7 Å². The summed E-state index contributed by atoms with van der Waals surface area (Å²) in [5, 5.41) is 0. The molecule has 0 aromatic heterocycles. The fourth-order valence-electron chi connectivity index (χ4n) is 1.60. The number of hydrogen-bond donors (Lipinski definition) is 0. The highest BCUT2D eigenvalue weighted by Gasteiger charge is 2.10. The van der Waals surface area contributed by atoms with Crippen LogP contribution in [-0.4, -0.2) is 66.6 Å². The van der Waals surface area contributed by atoms with Gasteiger partial charge in [-0.1, -0.05) is 13.8 Å². The van der Waals surface area contributed by atoms with Crippen LogP contribution in [0.1, 0.15) is 26.7 Å². The van der Waals surface area contributed by atoms with Gasteiger partial charge in [0, 0.05) is 20.8 Å².